The van der Waals surface area contributed by atoms with E-state index in [-0.39, 0.29) is 0 Å². The van der Waals surface area contributed by atoms with Gasteiger partial charge in [-0.2, -0.15) is 0 Å². The molecule has 3 nitrogen and oxygen atoms in total. The highest BCUT2D eigenvalue weighted by Gasteiger charge is 2.19. The van der Waals surface area contributed by atoms with E-state index in [9.17, 15) is 0 Å². The molecule has 82 valence electrons. The van der Waals surface area contributed by atoms with Gasteiger partial charge in [-0.1, -0.05) is 0 Å². The maximum absolute atomic E-state index is 5.52. The van der Waals surface area contributed by atoms with Crippen molar-refractivity contribution in [3.05, 3.63) is 24.0 Å². The van der Waals surface area contributed by atoms with Gasteiger partial charge in [-0.25, -0.2) is 0 Å². The Bertz CT molecular complexity index is 327. The third kappa shape index (κ3) is 2.69. The van der Waals surface area contributed by atoms with Gasteiger partial charge in [-0.05, 0) is 38.8 Å². The Kier molecular flexibility index (Phi) is 3.21. The molecule has 3 heteroatoms. The Morgan fingerprint density at radius 2 is 2.40 bits per heavy atom. The minimum absolute atomic E-state index is 0.369. The van der Waals surface area contributed by atoms with Crippen molar-refractivity contribution in [2.24, 2.45) is 0 Å². The largest absolute Gasteiger partial charge is 0.381 e. The lowest BCUT2D eigenvalue weighted by Crippen LogP contribution is -2.32. The van der Waals surface area contributed by atoms with Gasteiger partial charge < -0.3 is 10.1 Å². The van der Waals surface area contributed by atoms with E-state index in [1.807, 2.05) is 19.2 Å². The van der Waals surface area contributed by atoms with Crippen LogP contribution in [0.5, 0.6) is 0 Å². The number of nitrogens with zero attached hydrogens (tertiary/aromatic N) is 1. The maximum atomic E-state index is 5.52. The zero-order valence-corrected chi connectivity index (χ0v) is 9.36. The van der Waals surface area contributed by atoms with Crippen LogP contribution in [0.1, 0.15) is 25.5 Å². The molecular formula is C12H18N2O. The molecule has 1 aromatic rings. The van der Waals surface area contributed by atoms with E-state index in [1.54, 1.807) is 0 Å². The summed E-state index contributed by atoms with van der Waals surface area (Å²) in [6.07, 6.45) is 4.35. The van der Waals surface area contributed by atoms with Crippen LogP contribution < -0.4 is 5.32 Å². The Labute approximate surface area is 90.9 Å². The molecule has 15 heavy (non-hydrogen) atoms. The van der Waals surface area contributed by atoms with Crippen molar-refractivity contribution < 1.29 is 4.74 Å². The second kappa shape index (κ2) is 4.62. The summed E-state index contributed by atoms with van der Waals surface area (Å²) in [5, 5.41) is 3.54. The molecule has 1 aliphatic heterocycles. The number of ether oxygens (including phenoxy) is 1. The van der Waals surface area contributed by atoms with Crippen LogP contribution in [0, 0.1) is 6.92 Å². The van der Waals surface area contributed by atoms with Crippen molar-refractivity contribution in [1.82, 2.24) is 4.98 Å². The molecule has 2 unspecified atom stereocenters. The van der Waals surface area contributed by atoms with Crippen molar-refractivity contribution in [2.45, 2.75) is 38.8 Å². The van der Waals surface area contributed by atoms with Gasteiger partial charge in [0.2, 0.25) is 0 Å². The van der Waals surface area contributed by atoms with Gasteiger partial charge >= 0.3 is 0 Å². The summed E-state index contributed by atoms with van der Waals surface area (Å²) in [6.45, 7) is 5.02. The van der Waals surface area contributed by atoms with E-state index in [4.69, 9.17) is 4.74 Å². The van der Waals surface area contributed by atoms with Gasteiger partial charge in [-0.15, -0.1) is 0 Å². The molecule has 1 N–H and O–H groups in total. The highest BCUT2D eigenvalue weighted by molar-refractivity contribution is 5.47. The van der Waals surface area contributed by atoms with E-state index in [1.165, 1.54) is 0 Å². The van der Waals surface area contributed by atoms with Crippen LogP contribution in [0.3, 0.4) is 0 Å². The Morgan fingerprint density at radius 3 is 3.13 bits per heavy atom. The number of aryl methyl sites for hydroxylation is 1. The van der Waals surface area contributed by atoms with Crippen molar-refractivity contribution in [3.63, 3.8) is 0 Å². The molecule has 0 aromatic carbocycles. The molecule has 0 spiro atoms. The lowest BCUT2D eigenvalue weighted by molar-refractivity contribution is 0.0232. The number of nitrogens with one attached hydrogen (secondary N) is 1. The van der Waals surface area contributed by atoms with Gasteiger partial charge in [0, 0.05) is 18.8 Å². The van der Waals surface area contributed by atoms with Gasteiger partial charge in [0.05, 0.1) is 17.5 Å². The highest BCUT2D eigenvalue weighted by Crippen LogP contribution is 2.19. The predicted octanol–water partition coefficient (Wildman–Crippen LogP) is 2.37. The lowest BCUT2D eigenvalue weighted by Gasteiger charge is -2.29. The predicted molar refractivity (Wildman–Crippen MR) is 61.0 cm³/mol. The van der Waals surface area contributed by atoms with E-state index >= 15 is 0 Å². The molecule has 1 aliphatic rings. The summed E-state index contributed by atoms with van der Waals surface area (Å²) < 4.78 is 5.52. The number of anilines is 1. The number of rotatable bonds is 2. The number of pyridine rings is 1. The van der Waals surface area contributed by atoms with Crippen LogP contribution in [0.2, 0.25) is 0 Å². The Hall–Kier alpha value is -1.09. The summed E-state index contributed by atoms with van der Waals surface area (Å²) in [4.78, 5) is 4.27. The summed E-state index contributed by atoms with van der Waals surface area (Å²) in [7, 11) is 0. The standard InChI is InChI=1S/C12H18N2O/c1-9-8-11(5-7-15-9)14-12-4-3-6-13-10(12)2/h3-4,6,9,11,14H,5,7-8H2,1-2H3. The van der Waals surface area contributed by atoms with Crippen LogP contribution in [0.15, 0.2) is 18.3 Å². The lowest BCUT2D eigenvalue weighted by atomic mass is 10.0. The van der Waals surface area contributed by atoms with Gasteiger partial charge in [-0.3, -0.25) is 4.98 Å². The first kappa shape index (κ1) is 10.4. The van der Waals surface area contributed by atoms with Gasteiger partial charge in [0.15, 0.2) is 0 Å². The summed E-state index contributed by atoms with van der Waals surface area (Å²) in [5.41, 5.74) is 2.22. The molecule has 0 radical (unpaired) electrons. The molecule has 0 saturated carbocycles. The third-order valence-corrected chi connectivity index (χ3v) is 2.85. The van der Waals surface area contributed by atoms with Crippen LogP contribution in [0.25, 0.3) is 0 Å². The molecule has 1 aromatic heterocycles. The average Bonchev–Trinajstić information content (AvgIpc) is 2.22. The molecule has 0 aliphatic carbocycles. The topological polar surface area (TPSA) is 34.2 Å². The smallest absolute Gasteiger partial charge is 0.0603 e. The monoisotopic (exact) mass is 206 g/mol. The number of aromatic nitrogens is 1. The fraction of sp³-hybridized carbons (Fsp3) is 0.583. The van der Waals surface area contributed by atoms with Gasteiger partial charge in [0.1, 0.15) is 0 Å². The molecular weight excluding hydrogens is 188 g/mol. The van der Waals surface area contributed by atoms with Crippen molar-refractivity contribution in [3.8, 4) is 0 Å². The molecule has 0 amide bonds. The average molecular weight is 206 g/mol. The highest BCUT2D eigenvalue weighted by atomic mass is 16.5. The van der Waals surface area contributed by atoms with Crippen LogP contribution in [-0.2, 0) is 4.74 Å². The molecule has 2 atom stereocenters. The van der Waals surface area contributed by atoms with Crippen molar-refractivity contribution in [2.75, 3.05) is 11.9 Å². The number of hydrogen-bond donors (Lipinski definition) is 1. The normalized spacial score (nSPS) is 26.3. The second-order valence-corrected chi connectivity index (χ2v) is 4.18. The number of hydrogen-bond acceptors (Lipinski definition) is 3. The fourth-order valence-electron chi connectivity index (χ4n) is 1.99. The first-order valence-corrected chi connectivity index (χ1v) is 5.55. The summed E-state index contributed by atoms with van der Waals surface area (Å²) in [6, 6.07) is 4.58. The van der Waals surface area contributed by atoms with E-state index in [2.05, 4.69) is 23.3 Å². The van der Waals surface area contributed by atoms with E-state index in [0.717, 1.165) is 30.8 Å². The molecule has 0 bridgehead atoms. The molecule has 2 heterocycles. The SMILES string of the molecule is Cc1ncccc1NC1CCOC(C)C1. The molecule has 2 rings (SSSR count). The van der Waals surface area contributed by atoms with E-state index in [0.29, 0.717) is 12.1 Å². The van der Waals surface area contributed by atoms with Crippen molar-refractivity contribution in [1.29, 1.82) is 0 Å². The first-order chi connectivity index (χ1) is 7.25. The zero-order valence-electron chi connectivity index (χ0n) is 9.36. The van der Waals surface area contributed by atoms with Crippen LogP contribution >= 0.6 is 0 Å². The second-order valence-electron chi connectivity index (χ2n) is 4.18. The summed E-state index contributed by atoms with van der Waals surface area (Å²) >= 11 is 0. The maximum Gasteiger partial charge on any atom is 0.0603 e. The Balaban J connectivity index is 1.99. The Morgan fingerprint density at radius 1 is 1.53 bits per heavy atom. The fourth-order valence-corrected chi connectivity index (χ4v) is 1.99. The zero-order chi connectivity index (χ0) is 10.7. The van der Waals surface area contributed by atoms with Crippen LogP contribution in [-0.4, -0.2) is 23.7 Å². The minimum Gasteiger partial charge on any atom is -0.381 e. The molecule has 1 saturated heterocycles. The van der Waals surface area contributed by atoms with Crippen LogP contribution in [0.4, 0.5) is 5.69 Å². The quantitative estimate of drug-likeness (QED) is 0.806. The van der Waals surface area contributed by atoms with Gasteiger partial charge in [0.25, 0.3) is 0 Å². The summed E-state index contributed by atoms with van der Waals surface area (Å²) in [5.74, 6) is 0. The molecule has 1 fully saturated rings. The first-order valence-electron chi connectivity index (χ1n) is 5.55. The van der Waals surface area contributed by atoms with E-state index < -0.39 is 0 Å². The third-order valence-electron chi connectivity index (χ3n) is 2.85. The van der Waals surface area contributed by atoms with Crippen molar-refractivity contribution >= 4 is 5.69 Å². The minimum atomic E-state index is 0.369.